The highest BCUT2D eigenvalue weighted by molar-refractivity contribution is 6.11. The molecule has 13 nitrogen and oxygen atoms in total. The Morgan fingerprint density at radius 1 is 0.889 bits per heavy atom. The number of furan rings is 1. The van der Waals surface area contributed by atoms with Crippen molar-refractivity contribution in [2.75, 3.05) is 49.9 Å². The summed E-state index contributed by atoms with van der Waals surface area (Å²) < 4.78 is 17.5. The quantitative estimate of drug-likeness (QED) is 0.134. The molecule has 5 aromatic rings. The second kappa shape index (κ2) is 14.9. The van der Waals surface area contributed by atoms with Gasteiger partial charge in [-0.05, 0) is 107 Å². The summed E-state index contributed by atoms with van der Waals surface area (Å²) in [6, 6.07) is 14.1. The lowest BCUT2D eigenvalue weighted by atomic mass is 9.93. The number of hydrogen-bond acceptors (Lipinski definition) is 9. The molecule has 13 heteroatoms. The molecule has 0 spiro atoms. The Balaban J connectivity index is 0.975. The first-order chi connectivity index (χ1) is 26.1. The van der Waals surface area contributed by atoms with E-state index >= 15 is 0 Å². The van der Waals surface area contributed by atoms with Crippen LogP contribution in [0.4, 0.5) is 21.1 Å². The number of fused-ring (bicyclic) bond motifs is 2. The molecule has 0 atom stereocenters. The molecule has 284 valence electrons. The van der Waals surface area contributed by atoms with E-state index in [4.69, 9.17) is 13.7 Å². The largest absolute Gasteiger partial charge is 0.453 e. The molecule has 0 aliphatic carbocycles. The number of piperidine rings is 2. The van der Waals surface area contributed by atoms with Crippen molar-refractivity contribution < 1.29 is 28.1 Å². The number of H-pyrrole nitrogens is 1. The van der Waals surface area contributed by atoms with Crippen molar-refractivity contribution in [3.63, 3.8) is 0 Å². The van der Waals surface area contributed by atoms with Gasteiger partial charge in [-0.2, -0.15) is 0 Å². The Hall–Kier alpha value is -5.14. The van der Waals surface area contributed by atoms with E-state index in [1.54, 1.807) is 30.3 Å². The van der Waals surface area contributed by atoms with Crippen LogP contribution in [0.5, 0.6) is 5.75 Å². The average Bonchev–Trinajstić information content (AvgIpc) is 3.99. The van der Waals surface area contributed by atoms with Crippen LogP contribution in [0.3, 0.4) is 0 Å². The Morgan fingerprint density at radius 3 is 2.39 bits per heavy atom. The van der Waals surface area contributed by atoms with Gasteiger partial charge in [0.05, 0.1) is 5.69 Å². The lowest BCUT2D eigenvalue weighted by Crippen LogP contribution is -2.48. The van der Waals surface area contributed by atoms with Gasteiger partial charge in [-0.25, -0.2) is 9.59 Å². The number of urea groups is 1. The second-order valence-corrected chi connectivity index (χ2v) is 16.0. The van der Waals surface area contributed by atoms with Gasteiger partial charge in [0.2, 0.25) is 5.78 Å². The van der Waals surface area contributed by atoms with Gasteiger partial charge in [0.1, 0.15) is 17.1 Å². The molecule has 3 aliphatic heterocycles. The predicted molar refractivity (Wildman–Crippen MR) is 206 cm³/mol. The number of likely N-dealkylation sites (tertiary alicyclic amines) is 3. The van der Waals surface area contributed by atoms with Gasteiger partial charge in [0.25, 0.3) is 0 Å². The van der Waals surface area contributed by atoms with Crippen LogP contribution in [-0.2, 0) is 12.0 Å². The maximum atomic E-state index is 13.9. The van der Waals surface area contributed by atoms with Gasteiger partial charge >= 0.3 is 12.1 Å². The third-order valence-corrected chi connectivity index (χ3v) is 11.0. The van der Waals surface area contributed by atoms with Crippen molar-refractivity contribution in [2.45, 2.75) is 83.7 Å². The molecular weight excluding hydrogens is 686 g/mol. The van der Waals surface area contributed by atoms with Crippen molar-refractivity contribution >= 4 is 51.3 Å². The van der Waals surface area contributed by atoms with E-state index in [2.05, 4.69) is 30.6 Å². The fourth-order valence-electron chi connectivity index (χ4n) is 7.98. The van der Waals surface area contributed by atoms with Crippen LogP contribution in [0.1, 0.15) is 93.3 Å². The predicted octanol–water partition coefficient (Wildman–Crippen LogP) is 8.12. The Bertz CT molecular complexity index is 2160. The number of nitrogens with zero attached hydrogens (tertiary/aromatic N) is 4. The third kappa shape index (κ3) is 7.74. The average molecular weight is 736 g/mol. The number of hydrogen-bond donors (Lipinski definition) is 3. The highest BCUT2D eigenvalue weighted by Crippen LogP contribution is 2.34. The molecule has 3 fully saturated rings. The molecule has 6 heterocycles. The fourth-order valence-corrected chi connectivity index (χ4v) is 7.98. The van der Waals surface area contributed by atoms with E-state index in [9.17, 15) is 14.4 Å². The minimum atomic E-state index is -0.479. The summed E-state index contributed by atoms with van der Waals surface area (Å²) in [7, 11) is 0. The highest BCUT2D eigenvalue weighted by atomic mass is 16.6. The van der Waals surface area contributed by atoms with E-state index < -0.39 is 6.03 Å². The number of amides is 3. The van der Waals surface area contributed by atoms with Crippen molar-refractivity contribution in [2.24, 2.45) is 0 Å². The van der Waals surface area contributed by atoms with E-state index in [0.29, 0.717) is 65.4 Å². The molecule has 0 radical (unpaired) electrons. The van der Waals surface area contributed by atoms with Gasteiger partial charge < -0.3 is 33.8 Å². The number of carbonyl (C=O) groups is 3. The molecule has 3 saturated heterocycles. The number of carbonyl (C=O) groups excluding carboxylic acids is 3. The summed E-state index contributed by atoms with van der Waals surface area (Å²) in [4.78, 5) is 50.2. The van der Waals surface area contributed by atoms with Crippen LogP contribution in [-0.4, -0.2) is 88.1 Å². The number of aromatic amines is 1. The molecule has 3 aliphatic rings. The van der Waals surface area contributed by atoms with Crippen molar-refractivity contribution in [3.8, 4) is 5.75 Å². The summed E-state index contributed by atoms with van der Waals surface area (Å²) in [5.74, 6) is 1.35. The zero-order valence-corrected chi connectivity index (χ0v) is 31.3. The Labute approximate surface area is 314 Å². The zero-order valence-electron chi connectivity index (χ0n) is 31.3. The van der Waals surface area contributed by atoms with E-state index in [0.717, 1.165) is 68.3 Å². The van der Waals surface area contributed by atoms with Crippen LogP contribution >= 0.6 is 0 Å². The number of aromatic nitrogens is 2. The smallest absolute Gasteiger partial charge is 0.415 e. The number of anilines is 2. The second-order valence-electron chi connectivity index (χ2n) is 16.0. The van der Waals surface area contributed by atoms with E-state index in [-0.39, 0.29) is 23.1 Å². The minimum absolute atomic E-state index is 0.163. The van der Waals surface area contributed by atoms with Gasteiger partial charge in [-0.1, -0.05) is 32.3 Å². The molecule has 2 aromatic carbocycles. The first kappa shape index (κ1) is 35.9. The molecule has 0 saturated carbocycles. The molecular formula is C41H49N7O6. The first-order valence-corrected chi connectivity index (χ1v) is 19.3. The van der Waals surface area contributed by atoms with E-state index in [1.807, 2.05) is 43.9 Å². The number of benzene rings is 2. The van der Waals surface area contributed by atoms with Gasteiger partial charge in [0, 0.05) is 64.7 Å². The molecule has 8 rings (SSSR count). The standard InChI is InChI=1S/C41H49N7O6/c1-41(2,3)36-24-37(45-54-36)44-39(50)42-27-9-11-33-26(21-27)22-35(52-33)38(49)32-23-29-30(25-46-15-7-8-16-46)34(12-10-31(29)43-32)53-40(51)48-19-13-28(14-20-48)47-17-5-4-6-18-47/h9-12,21-24,28,43H,4-8,13-20,25H2,1-3H3,(H2,42,44,45,50). The monoisotopic (exact) mass is 735 g/mol. The molecule has 3 N–H and O–H groups in total. The number of ether oxygens (including phenoxy) is 1. The van der Waals surface area contributed by atoms with Crippen molar-refractivity contribution in [3.05, 3.63) is 71.3 Å². The molecule has 0 bridgehead atoms. The maximum absolute atomic E-state index is 13.9. The number of nitrogens with one attached hydrogen (secondary N) is 3. The Morgan fingerprint density at radius 2 is 1.65 bits per heavy atom. The summed E-state index contributed by atoms with van der Waals surface area (Å²) >= 11 is 0. The lowest BCUT2D eigenvalue weighted by Gasteiger charge is -2.39. The number of rotatable bonds is 8. The summed E-state index contributed by atoms with van der Waals surface area (Å²) in [6.45, 7) is 12.3. The topological polar surface area (TPSA) is 149 Å². The van der Waals surface area contributed by atoms with Gasteiger partial charge in [-0.15, -0.1) is 0 Å². The molecule has 0 unspecified atom stereocenters. The van der Waals surface area contributed by atoms with Crippen LogP contribution in [0, 0.1) is 0 Å². The first-order valence-electron chi connectivity index (χ1n) is 19.3. The van der Waals surface area contributed by atoms with Crippen LogP contribution in [0.25, 0.3) is 21.9 Å². The SMILES string of the molecule is CC(C)(C)c1cc(NC(=O)Nc2ccc3oc(C(=O)c4cc5c(CN6CCCC6)c(OC(=O)N6CCC(N7CCCCC7)CC6)ccc5[nH]4)cc3c2)no1. The Kier molecular flexibility index (Phi) is 9.93. The van der Waals surface area contributed by atoms with E-state index in [1.165, 1.54) is 19.3 Å². The lowest BCUT2D eigenvalue weighted by molar-refractivity contribution is 0.0876. The summed E-state index contributed by atoms with van der Waals surface area (Å²) in [6.07, 6.45) is 7.72. The number of ketones is 1. The summed E-state index contributed by atoms with van der Waals surface area (Å²) in [5.41, 5.74) is 2.83. The third-order valence-electron chi connectivity index (χ3n) is 11.0. The van der Waals surface area contributed by atoms with Crippen molar-refractivity contribution in [1.29, 1.82) is 0 Å². The van der Waals surface area contributed by atoms with Gasteiger partial charge in [0.15, 0.2) is 11.6 Å². The van der Waals surface area contributed by atoms with Crippen molar-refractivity contribution in [1.82, 2.24) is 24.8 Å². The van der Waals surface area contributed by atoms with Crippen LogP contribution < -0.4 is 15.4 Å². The zero-order chi connectivity index (χ0) is 37.4. The normalized spacial score (nSPS) is 17.7. The van der Waals surface area contributed by atoms with Crippen LogP contribution in [0.15, 0.2) is 57.5 Å². The maximum Gasteiger partial charge on any atom is 0.415 e. The highest BCUT2D eigenvalue weighted by Gasteiger charge is 2.30. The minimum Gasteiger partial charge on any atom is -0.453 e. The summed E-state index contributed by atoms with van der Waals surface area (Å²) in [5, 5.41) is 10.9. The van der Waals surface area contributed by atoms with Crippen LogP contribution in [0.2, 0.25) is 0 Å². The molecule has 54 heavy (non-hydrogen) atoms. The molecule has 3 amide bonds. The van der Waals surface area contributed by atoms with Gasteiger partial charge in [-0.3, -0.25) is 15.0 Å². The fraction of sp³-hybridized carbons (Fsp3) is 0.463. The molecule has 3 aromatic heterocycles.